The van der Waals surface area contributed by atoms with Gasteiger partial charge in [0.05, 0.1) is 26.4 Å². The second kappa shape index (κ2) is 60.6. The Hall–Kier alpha value is -1.94. The third-order valence-electron chi connectivity index (χ3n) is 15.5. The lowest BCUT2D eigenvalue weighted by molar-refractivity contribution is -0.161. The Labute approximate surface area is 524 Å². The zero-order valence-corrected chi connectivity index (χ0v) is 57.2. The lowest BCUT2D eigenvalue weighted by atomic mass is 10.0. The topological polar surface area (TPSA) is 237 Å². The van der Waals surface area contributed by atoms with Crippen molar-refractivity contribution in [3.63, 3.8) is 0 Å². The Bertz CT molecular complexity index is 1670. The van der Waals surface area contributed by atoms with Gasteiger partial charge in [-0.2, -0.15) is 0 Å². The molecule has 0 fully saturated rings. The van der Waals surface area contributed by atoms with Crippen molar-refractivity contribution in [1.82, 2.24) is 0 Å². The van der Waals surface area contributed by atoms with Crippen LogP contribution in [0.15, 0.2) is 0 Å². The molecule has 0 radical (unpaired) electrons. The maximum atomic E-state index is 13.0. The third-order valence-corrected chi connectivity index (χ3v) is 17.4. The first kappa shape index (κ1) is 84.1. The second-order valence-corrected chi connectivity index (χ2v) is 27.6. The zero-order valence-electron chi connectivity index (χ0n) is 55.4. The molecule has 19 heteroatoms. The van der Waals surface area contributed by atoms with Crippen LogP contribution in [0.2, 0.25) is 0 Å². The van der Waals surface area contributed by atoms with Crippen molar-refractivity contribution < 1.29 is 80.2 Å². The molecular weight excluding hydrogens is 1140 g/mol. The summed E-state index contributed by atoms with van der Waals surface area (Å²) < 4.78 is 68.0. The Morgan fingerprint density at radius 1 is 0.314 bits per heavy atom. The minimum absolute atomic E-state index is 0.106. The van der Waals surface area contributed by atoms with Crippen molar-refractivity contribution in [2.24, 2.45) is 5.92 Å². The van der Waals surface area contributed by atoms with E-state index in [0.717, 1.165) is 102 Å². The van der Waals surface area contributed by atoms with E-state index in [1.54, 1.807) is 0 Å². The van der Waals surface area contributed by atoms with E-state index in [1.165, 1.54) is 161 Å². The highest BCUT2D eigenvalue weighted by Gasteiger charge is 2.30. The van der Waals surface area contributed by atoms with E-state index in [0.29, 0.717) is 25.7 Å². The van der Waals surface area contributed by atoms with Crippen LogP contribution < -0.4 is 0 Å². The highest BCUT2D eigenvalue weighted by molar-refractivity contribution is 7.47. The number of aliphatic hydroxyl groups is 1. The van der Waals surface area contributed by atoms with Gasteiger partial charge in [-0.05, 0) is 31.6 Å². The molecule has 0 aromatic heterocycles. The normalized spacial score (nSPS) is 14.2. The Balaban J connectivity index is 5.17. The molecule has 0 aliphatic heterocycles. The molecule has 3 N–H and O–H groups in total. The molecule has 17 nitrogen and oxygen atoms in total. The quantitative estimate of drug-likeness (QED) is 0.0222. The SMILES string of the molecule is CCCCCCCCCCCCCCCCC(=O)OC[C@H](COP(=O)(O)OC[C@@H](O)COP(=O)(O)OC[C@@H](COC(=O)CCCCCCC)OC(=O)CCCCCCCCCCCCCC)OC(=O)CCCCCCCCCCCCCCC(C)C. The van der Waals surface area contributed by atoms with Gasteiger partial charge in [0.1, 0.15) is 19.3 Å². The van der Waals surface area contributed by atoms with E-state index in [1.807, 2.05) is 0 Å². The monoisotopic (exact) mass is 1270 g/mol. The standard InChI is InChI=1S/C67H130O17P2/c1-6-9-12-15-17-19-21-23-24-29-32-36-41-46-51-65(70)78-57-63(84-67(72)53-48-43-38-34-30-26-25-27-31-35-40-44-49-60(4)5)59-82-86(75,76)80-55-61(68)54-79-85(73,74)81-58-62(56-77-64(69)50-45-39-14-11-8-3)83-66(71)52-47-42-37-33-28-22-20-18-16-13-10-7-2/h60-63,68H,6-59H2,1-5H3,(H,73,74)(H,75,76)/t61-,62+,63+/m0/s1. The van der Waals surface area contributed by atoms with Crippen LogP contribution in [0.1, 0.15) is 343 Å². The molecule has 0 aromatic rings. The fourth-order valence-electron chi connectivity index (χ4n) is 10.1. The van der Waals surface area contributed by atoms with Gasteiger partial charge in [0, 0.05) is 25.7 Å². The minimum Gasteiger partial charge on any atom is -0.462 e. The summed E-state index contributed by atoms with van der Waals surface area (Å²) in [5.41, 5.74) is 0. The summed E-state index contributed by atoms with van der Waals surface area (Å²) in [6.45, 7) is 7.15. The Morgan fingerprint density at radius 2 is 0.535 bits per heavy atom. The van der Waals surface area contributed by atoms with Gasteiger partial charge in [0.25, 0.3) is 0 Å². The van der Waals surface area contributed by atoms with Crippen molar-refractivity contribution in [3.05, 3.63) is 0 Å². The van der Waals surface area contributed by atoms with Crippen LogP contribution in [-0.2, 0) is 65.4 Å². The highest BCUT2D eigenvalue weighted by Crippen LogP contribution is 2.45. The van der Waals surface area contributed by atoms with E-state index >= 15 is 0 Å². The van der Waals surface area contributed by atoms with Crippen LogP contribution in [0.3, 0.4) is 0 Å². The highest BCUT2D eigenvalue weighted by atomic mass is 31.2. The van der Waals surface area contributed by atoms with Crippen LogP contribution in [-0.4, -0.2) is 96.7 Å². The van der Waals surface area contributed by atoms with Crippen LogP contribution >= 0.6 is 15.6 Å². The van der Waals surface area contributed by atoms with Crippen LogP contribution in [0.4, 0.5) is 0 Å². The van der Waals surface area contributed by atoms with Gasteiger partial charge < -0.3 is 33.8 Å². The van der Waals surface area contributed by atoms with Gasteiger partial charge in [-0.15, -0.1) is 0 Å². The first-order chi connectivity index (χ1) is 41.5. The molecule has 0 aliphatic rings. The average molecular weight is 1270 g/mol. The van der Waals surface area contributed by atoms with E-state index in [4.69, 9.17) is 37.0 Å². The lowest BCUT2D eigenvalue weighted by Crippen LogP contribution is -2.30. The summed E-state index contributed by atoms with van der Waals surface area (Å²) in [6, 6.07) is 0. The first-order valence-corrected chi connectivity index (χ1v) is 38.1. The molecule has 0 aromatic carbocycles. The van der Waals surface area contributed by atoms with Crippen molar-refractivity contribution in [2.45, 2.75) is 361 Å². The smallest absolute Gasteiger partial charge is 0.462 e. The van der Waals surface area contributed by atoms with Gasteiger partial charge in [0.2, 0.25) is 0 Å². The number of esters is 4. The van der Waals surface area contributed by atoms with E-state index in [2.05, 4.69) is 34.6 Å². The van der Waals surface area contributed by atoms with Crippen LogP contribution in [0.5, 0.6) is 0 Å². The molecule has 0 spiro atoms. The Morgan fingerprint density at radius 3 is 0.791 bits per heavy atom. The number of phosphoric ester groups is 2. The molecule has 0 bridgehead atoms. The summed E-state index contributed by atoms with van der Waals surface area (Å²) in [5.74, 6) is -1.36. The van der Waals surface area contributed by atoms with Crippen LogP contribution in [0, 0.1) is 5.92 Å². The van der Waals surface area contributed by atoms with Crippen molar-refractivity contribution in [3.8, 4) is 0 Å². The number of rotatable bonds is 67. The fourth-order valence-corrected chi connectivity index (χ4v) is 11.7. The third kappa shape index (κ3) is 60.9. The Kier molecular flexibility index (Phi) is 59.2. The summed E-state index contributed by atoms with van der Waals surface area (Å²) >= 11 is 0. The van der Waals surface area contributed by atoms with Crippen molar-refractivity contribution in [1.29, 1.82) is 0 Å². The van der Waals surface area contributed by atoms with Crippen molar-refractivity contribution >= 4 is 39.5 Å². The lowest BCUT2D eigenvalue weighted by Gasteiger charge is -2.21. The molecule has 0 saturated heterocycles. The maximum absolute atomic E-state index is 13.0. The number of carbonyl (C=O) groups excluding carboxylic acids is 4. The largest absolute Gasteiger partial charge is 0.472 e. The minimum atomic E-state index is -4.95. The molecule has 0 amide bonds. The predicted octanol–water partition coefficient (Wildman–Crippen LogP) is 19.0. The van der Waals surface area contributed by atoms with Gasteiger partial charge in [-0.3, -0.25) is 37.3 Å². The number of unbranched alkanes of at least 4 members (excludes halogenated alkanes) is 39. The van der Waals surface area contributed by atoms with Gasteiger partial charge >= 0.3 is 39.5 Å². The van der Waals surface area contributed by atoms with Gasteiger partial charge in [-0.25, -0.2) is 9.13 Å². The number of aliphatic hydroxyl groups excluding tert-OH is 1. The molecule has 86 heavy (non-hydrogen) atoms. The summed E-state index contributed by atoms with van der Waals surface area (Å²) in [4.78, 5) is 72.1. The molecule has 0 aliphatic carbocycles. The van der Waals surface area contributed by atoms with Crippen molar-refractivity contribution in [2.75, 3.05) is 39.6 Å². The molecular formula is C67H130O17P2. The average Bonchev–Trinajstić information content (AvgIpc) is 3.70. The number of hydrogen-bond donors (Lipinski definition) is 3. The zero-order chi connectivity index (χ0) is 63.5. The second-order valence-electron chi connectivity index (χ2n) is 24.7. The molecule has 0 heterocycles. The molecule has 0 saturated carbocycles. The maximum Gasteiger partial charge on any atom is 0.472 e. The van der Waals surface area contributed by atoms with E-state index in [9.17, 15) is 43.2 Å². The molecule has 510 valence electrons. The number of phosphoric acid groups is 2. The van der Waals surface area contributed by atoms with Crippen LogP contribution in [0.25, 0.3) is 0 Å². The molecule has 5 atom stereocenters. The summed E-state index contributed by atoms with van der Waals surface area (Å²) in [7, 11) is -9.88. The number of hydrogen-bond acceptors (Lipinski definition) is 15. The van der Waals surface area contributed by atoms with Gasteiger partial charge in [-0.1, -0.05) is 291 Å². The predicted molar refractivity (Wildman–Crippen MR) is 345 cm³/mol. The molecule has 0 rings (SSSR count). The fraction of sp³-hybridized carbons (Fsp3) is 0.940. The number of ether oxygens (including phenoxy) is 4. The molecule has 2 unspecified atom stereocenters. The van der Waals surface area contributed by atoms with Gasteiger partial charge in [0.15, 0.2) is 12.2 Å². The summed E-state index contributed by atoms with van der Waals surface area (Å²) in [5, 5.41) is 10.5. The van der Waals surface area contributed by atoms with E-state index in [-0.39, 0.29) is 25.7 Å². The summed E-state index contributed by atoms with van der Waals surface area (Å²) in [6.07, 6.45) is 46.0. The number of carbonyl (C=O) groups is 4. The van der Waals surface area contributed by atoms with E-state index < -0.39 is 97.5 Å². The first-order valence-electron chi connectivity index (χ1n) is 35.1.